The van der Waals surface area contributed by atoms with Crippen molar-refractivity contribution in [3.63, 3.8) is 0 Å². The molecule has 1 aliphatic heterocycles. The molecule has 0 saturated carbocycles. The minimum atomic E-state index is -1.23. The number of benzene rings is 2. The zero-order chi connectivity index (χ0) is 23.3. The van der Waals surface area contributed by atoms with E-state index >= 15 is 0 Å². The molecule has 33 heavy (non-hydrogen) atoms. The van der Waals surface area contributed by atoms with Crippen LogP contribution in [0.3, 0.4) is 0 Å². The first kappa shape index (κ1) is 20.7. The van der Waals surface area contributed by atoms with E-state index in [1.165, 1.54) is 10.5 Å². The smallest absolute Gasteiger partial charge is 0.325 e. The zero-order valence-corrected chi connectivity index (χ0v) is 18.5. The monoisotopic (exact) mass is 442 g/mol. The number of carbonyl (C=O) groups is 2. The Bertz CT molecular complexity index is 1510. The lowest BCUT2D eigenvalue weighted by atomic mass is 9.90. The number of urea groups is 1. The average molecular weight is 442 g/mol. The minimum Gasteiger partial charge on any atom is -0.497 e. The summed E-state index contributed by atoms with van der Waals surface area (Å²) < 4.78 is 6.70. The van der Waals surface area contributed by atoms with Gasteiger partial charge in [0.1, 0.15) is 16.9 Å². The minimum absolute atomic E-state index is 0.0925. The molecule has 1 atom stereocenters. The molecule has 1 unspecified atom stereocenters. The first-order chi connectivity index (χ1) is 15.8. The molecule has 0 radical (unpaired) electrons. The molecular weight excluding hydrogens is 420 g/mol. The van der Waals surface area contributed by atoms with E-state index in [9.17, 15) is 14.4 Å². The number of ether oxygens (including phenoxy) is 1. The van der Waals surface area contributed by atoms with Crippen LogP contribution in [-0.2, 0) is 16.9 Å². The number of fused-ring (bicyclic) bond motifs is 2. The van der Waals surface area contributed by atoms with Crippen molar-refractivity contribution in [1.82, 2.24) is 19.6 Å². The SMILES string of the molecule is COc1ccc2cc(C3(C)NC(=O)N(Cc4cc(=O)n5ccc(C)cc5n4)C3=O)ccc2c1. The lowest BCUT2D eigenvalue weighted by Gasteiger charge is -2.23. The number of imide groups is 1. The molecule has 8 nitrogen and oxygen atoms in total. The number of hydrogen-bond acceptors (Lipinski definition) is 5. The number of rotatable bonds is 4. The molecule has 1 aliphatic rings. The molecule has 3 heterocycles. The number of nitrogens with zero attached hydrogens (tertiary/aromatic N) is 3. The first-order valence-electron chi connectivity index (χ1n) is 10.5. The van der Waals surface area contributed by atoms with Gasteiger partial charge < -0.3 is 10.1 Å². The Morgan fingerprint density at radius 3 is 2.55 bits per heavy atom. The van der Waals surface area contributed by atoms with Crippen molar-refractivity contribution in [2.45, 2.75) is 25.9 Å². The van der Waals surface area contributed by atoms with Gasteiger partial charge in [0.15, 0.2) is 0 Å². The molecule has 0 spiro atoms. The second-order valence-electron chi connectivity index (χ2n) is 8.39. The van der Waals surface area contributed by atoms with Gasteiger partial charge in [-0.3, -0.25) is 18.9 Å². The third-order valence-corrected chi connectivity index (χ3v) is 6.10. The summed E-state index contributed by atoms with van der Waals surface area (Å²) in [5.41, 5.74) is 0.947. The highest BCUT2D eigenvalue weighted by atomic mass is 16.5. The van der Waals surface area contributed by atoms with Crippen LogP contribution in [0.4, 0.5) is 4.79 Å². The molecule has 2 aromatic heterocycles. The number of pyridine rings is 1. The van der Waals surface area contributed by atoms with Gasteiger partial charge in [0, 0.05) is 12.3 Å². The highest BCUT2D eigenvalue weighted by molar-refractivity contribution is 6.07. The number of hydrogen-bond donors (Lipinski definition) is 1. The number of aromatic nitrogens is 2. The lowest BCUT2D eigenvalue weighted by Crippen LogP contribution is -2.40. The predicted octanol–water partition coefficient (Wildman–Crippen LogP) is 3.13. The van der Waals surface area contributed by atoms with Crippen LogP contribution in [0.1, 0.15) is 23.7 Å². The van der Waals surface area contributed by atoms with Crippen molar-refractivity contribution in [3.05, 3.63) is 88.0 Å². The van der Waals surface area contributed by atoms with Crippen molar-refractivity contribution >= 4 is 28.4 Å². The first-order valence-corrected chi connectivity index (χ1v) is 10.5. The van der Waals surface area contributed by atoms with Gasteiger partial charge in [0.25, 0.3) is 11.5 Å². The third-order valence-electron chi connectivity index (χ3n) is 6.10. The van der Waals surface area contributed by atoms with Gasteiger partial charge >= 0.3 is 6.03 Å². The highest BCUT2D eigenvalue weighted by Gasteiger charge is 2.49. The number of nitrogens with one attached hydrogen (secondary N) is 1. The van der Waals surface area contributed by atoms with Gasteiger partial charge in [-0.05, 0) is 66.1 Å². The van der Waals surface area contributed by atoms with Crippen LogP contribution >= 0.6 is 0 Å². The number of aryl methyl sites for hydroxylation is 1. The zero-order valence-electron chi connectivity index (χ0n) is 18.5. The molecule has 166 valence electrons. The van der Waals surface area contributed by atoms with Crippen molar-refractivity contribution < 1.29 is 14.3 Å². The number of methoxy groups -OCH3 is 1. The van der Waals surface area contributed by atoms with E-state index < -0.39 is 17.5 Å². The van der Waals surface area contributed by atoms with Crippen molar-refractivity contribution in [2.24, 2.45) is 0 Å². The van der Waals surface area contributed by atoms with Gasteiger partial charge in [-0.2, -0.15) is 0 Å². The molecule has 3 amide bonds. The van der Waals surface area contributed by atoms with Crippen LogP contribution in [0.2, 0.25) is 0 Å². The normalized spacial score (nSPS) is 18.2. The van der Waals surface area contributed by atoms with Crippen LogP contribution in [0.5, 0.6) is 5.75 Å². The largest absolute Gasteiger partial charge is 0.497 e. The van der Waals surface area contributed by atoms with Gasteiger partial charge in [-0.15, -0.1) is 0 Å². The molecule has 0 bridgehead atoms. The fourth-order valence-electron chi connectivity index (χ4n) is 4.19. The summed E-state index contributed by atoms with van der Waals surface area (Å²) in [6.07, 6.45) is 1.66. The predicted molar refractivity (Wildman–Crippen MR) is 123 cm³/mol. The Hall–Kier alpha value is -4.20. The second-order valence-corrected chi connectivity index (χ2v) is 8.39. The summed E-state index contributed by atoms with van der Waals surface area (Å²) in [4.78, 5) is 44.3. The van der Waals surface area contributed by atoms with Gasteiger partial charge in [-0.25, -0.2) is 9.78 Å². The second kappa shape index (κ2) is 7.44. The van der Waals surface area contributed by atoms with E-state index in [-0.39, 0.29) is 12.1 Å². The molecule has 5 rings (SSSR count). The van der Waals surface area contributed by atoms with E-state index in [4.69, 9.17) is 4.74 Å². The van der Waals surface area contributed by atoms with E-state index in [1.54, 1.807) is 26.3 Å². The number of amides is 3. The van der Waals surface area contributed by atoms with E-state index in [1.807, 2.05) is 49.4 Å². The third kappa shape index (κ3) is 3.40. The van der Waals surface area contributed by atoms with Crippen LogP contribution in [0, 0.1) is 6.92 Å². The highest BCUT2D eigenvalue weighted by Crippen LogP contribution is 2.32. The van der Waals surface area contributed by atoms with Crippen molar-refractivity contribution in [1.29, 1.82) is 0 Å². The van der Waals surface area contributed by atoms with Crippen molar-refractivity contribution in [2.75, 3.05) is 7.11 Å². The van der Waals surface area contributed by atoms with E-state index in [2.05, 4.69) is 10.3 Å². The summed E-state index contributed by atoms with van der Waals surface area (Å²) >= 11 is 0. The molecule has 1 N–H and O–H groups in total. The summed E-state index contributed by atoms with van der Waals surface area (Å²) in [5.74, 6) is 0.346. The molecule has 8 heteroatoms. The molecule has 1 fully saturated rings. The summed E-state index contributed by atoms with van der Waals surface area (Å²) in [6, 6.07) is 15.7. The fraction of sp³-hybridized carbons (Fsp3) is 0.200. The standard InChI is InChI=1S/C25H22N4O4/c1-15-8-9-28-21(10-15)26-19(13-22(28)30)14-29-23(31)25(2,27-24(29)32)18-6-4-17-12-20(33-3)7-5-16(17)11-18/h4-13H,14H2,1-3H3,(H,27,32). The molecule has 4 aromatic rings. The molecular formula is C25H22N4O4. The van der Waals surface area contributed by atoms with Gasteiger partial charge in [0.05, 0.1) is 19.3 Å². The quantitative estimate of drug-likeness (QED) is 0.490. The van der Waals surface area contributed by atoms with Crippen LogP contribution < -0.4 is 15.6 Å². The molecule has 1 saturated heterocycles. The van der Waals surface area contributed by atoms with E-state index in [0.29, 0.717) is 16.9 Å². The van der Waals surface area contributed by atoms with Crippen LogP contribution in [0.15, 0.2) is 65.6 Å². The Morgan fingerprint density at radius 1 is 1.00 bits per heavy atom. The average Bonchev–Trinajstić information content (AvgIpc) is 3.01. The number of carbonyl (C=O) groups excluding carboxylic acids is 2. The topological polar surface area (TPSA) is 93.0 Å². The molecule has 0 aliphatic carbocycles. The maximum absolute atomic E-state index is 13.4. The Kier molecular flexibility index (Phi) is 4.67. The van der Waals surface area contributed by atoms with E-state index in [0.717, 1.165) is 27.0 Å². The Balaban J connectivity index is 1.48. The van der Waals surface area contributed by atoms with Crippen molar-refractivity contribution in [3.8, 4) is 5.75 Å². The summed E-state index contributed by atoms with van der Waals surface area (Å²) in [5, 5.41) is 4.71. The van der Waals surface area contributed by atoms with Crippen LogP contribution in [-0.4, -0.2) is 33.3 Å². The van der Waals surface area contributed by atoms with Gasteiger partial charge in [-0.1, -0.05) is 18.2 Å². The fourth-order valence-corrected chi connectivity index (χ4v) is 4.19. The van der Waals surface area contributed by atoms with Crippen LogP contribution in [0.25, 0.3) is 16.4 Å². The maximum atomic E-state index is 13.4. The lowest BCUT2D eigenvalue weighted by molar-refractivity contribution is -0.131. The summed E-state index contributed by atoms with van der Waals surface area (Å²) in [7, 11) is 1.61. The Morgan fingerprint density at radius 2 is 1.76 bits per heavy atom. The summed E-state index contributed by atoms with van der Waals surface area (Å²) in [6.45, 7) is 3.50. The Labute approximate surface area is 189 Å². The molecule has 2 aromatic carbocycles. The maximum Gasteiger partial charge on any atom is 0.325 e. The van der Waals surface area contributed by atoms with Gasteiger partial charge in [0.2, 0.25) is 0 Å².